The van der Waals surface area contributed by atoms with Crippen molar-refractivity contribution < 1.29 is 4.42 Å². The first-order valence-corrected chi connectivity index (χ1v) is 7.13. The molecule has 0 aliphatic carbocycles. The third-order valence-electron chi connectivity index (χ3n) is 3.85. The Bertz CT molecular complexity index is 1030. The Morgan fingerprint density at radius 1 is 1.05 bits per heavy atom. The molecule has 2 heterocycles. The molecular weight excluding hydrogens is 276 g/mol. The van der Waals surface area contributed by atoms with Crippen LogP contribution in [0.15, 0.2) is 57.7 Å². The molecule has 0 saturated carbocycles. The van der Waals surface area contributed by atoms with Crippen LogP contribution in [0.4, 0.5) is 0 Å². The number of rotatable bonds is 1. The van der Waals surface area contributed by atoms with Gasteiger partial charge < -0.3 is 4.42 Å². The van der Waals surface area contributed by atoms with Crippen molar-refractivity contribution in [3.8, 4) is 17.1 Å². The van der Waals surface area contributed by atoms with E-state index in [2.05, 4.69) is 5.10 Å². The van der Waals surface area contributed by atoms with Crippen molar-refractivity contribution >= 4 is 11.0 Å². The minimum absolute atomic E-state index is 0.156. The molecule has 0 saturated heterocycles. The van der Waals surface area contributed by atoms with Crippen molar-refractivity contribution in [2.24, 2.45) is 0 Å². The molecule has 2 aromatic carbocycles. The van der Waals surface area contributed by atoms with Crippen molar-refractivity contribution in [3.63, 3.8) is 0 Å². The highest BCUT2D eigenvalue weighted by Gasteiger charge is 2.20. The maximum absolute atomic E-state index is 12.7. The summed E-state index contributed by atoms with van der Waals surface area (Å²) in [5, 5.41) is 5.26. The lowest BCUT2D eigenvalue weighted by Crippen LogP contribution is -2.15. The quantitative estimate of drug-likeness (QED) is 0.537. The second-order valence-corrected chi connectivity index (χ2v) is 5.51. The molecule has 4 heteroatoms. The summed E-state index contributed by atoms with van der Waals surface area (Å²) in [6, 6.07) is 15.4. The molecule has 108 valence electrons. The molecule has 0 N–H and O–H groups in total. The summed E-state index contributed by atoms with van der Waals surface area (Å²) in [6.07, 6.45) is 0. The van der Waals surface area contributed by atoms with E-state index in [0.29, 0.717) is 11.5 Å². The highest BCUT2D eigenvalue weighted by molar-refractivity contribution is 5.81. The summed E-state index contributed by atoms with van der Waals surface area (Å²) < 4.78 is 7.18. The van der Waals surface area contributed by atoms with Crippen molar-refractivity contribution in [1.82, 2.24) is 9.78 Å². The van der Waals surface area contributed by atoms with Crippen LogP contribution in [-0.2, 0) is 0 Å². The molecule has 0 bridgehead atoms. The molecule has 4 nitrogen and oxygen atoms in total. The lowest BCUT2D eigenvalue weighted by Gasteiger charge is -2.04. The molecule has 0 radical (unpaired) electrons. The Hall–Kier alpha value is -2.88. The van der Waals surface area contributed by atoms with E-state index < -0.39 is 0 Å². The number of nitrogens with zero attached hydrogens (tertiary/aromatic N) is 2. The Morgan fingerprint density at radius 2 is 1.86 bits per heavy atom. The number of hydrogen-bond donors (Lipinski definition) is 0. The highest BCUT2D eigenvalue weighted by Crippen LogP contribution is 2.25. The molecule has 22 heavy (non-hydrogen) atoms. The molecule has 4 rings (SSSR count). The van der Waals surface area contributed by atoms with Crippen LogP contribution < -0.4 is 5.56 Å². The fraction of sp³-hybridized carbons (Fsp3) is 0.111. The van der Waals surface area contributed by atoms with Gasteiger partial charge in [-0.2, -0.15) is 4.68 Å². The van der Waals surface area contributed by atoms with Crippen LogP contribution in [-0.4, -0.2) is 9.78 Å². The largest absolute Gasteiger partial charge is 0.436 e. The third-order valence-corrected chi connectivity index (χ3v) is 3.85. The predicted octanol–water partition coefficient (Wildman–Crippen LogP) is 3.70. The molecule has 2 aliphatic heterocycles. The summed E-state index contributed by atoms with van der Waals surface area (Å²) in [5.41, 5.74) is 4.01. The van der Waals surface area contributed by atoms with Crippen LogP contribution in [0.25, 0.3) is 28.1 Å². The molecule has 0 amide bonds. The second kappa shape index (κ2) is 4.56. The molecule has 0 unspecified atom stereocenters. The van der Waals surface area contributed by atoms with Crippen LogP contribution in [0, 0.1) is 13.8 Å². The Balaban J connectivity index is 2.03. The summed E-state index contributed by atoms with van der Waals surface area (Å²) in [4.78, 5) is 12.7. The zero-order valence-electron chi connectivity index (χ0n) is 12.3. The van der Waals surface area contributed by atoms with Crippen molar-refractivity contribution in [3.05, 3.63) is 70.0 Å². The number of fused-ring (bicyclic) bond motifs is 2. The predicted molar refractivity (Wildman–Crippen MR) is 85.7 cm³/mol. The normalized spacial score (nSPS) is 11.4. The molecular formula is C18H14N2O2. The van der Waals surface area contributed by atoms with Gasteiger partial charge in [0.25, 0.3) is 5.56 Å². The van der Waals surface area contributed by atoms with Crippen LogP contribution in [0.5, 0.6) is 0 Å². The number of para-hydroxylation sites is 1. The lowest BCUT2D eigenvalue weighted by atomic mass is 10.1. The topological polar surface area (TPSA) is 48.0 Å². The van der Waals surface area contributed by atoms with Gasteiger partial charge in [-0.3, -0.25) is 4.79 Å². The molecule has 0 spiro atoms. The maximum atomic E-state index is 12.7. The fourth-order valence-corrected chi connectivity index (χ4v) is 2.75. The van der Waals surface area contributed by atoms with Gasteiger partial charge in [-0.25, -0.2) is 0 Å². The van der Waals surface area contributed by atoms with Gasteiger partial charge in [-0.1, -0.05) is 35.9 Å². The van der Waals surface area contributed by atoms with Gasteiger partial charge in [-0.05, 0) is 37.6 Å². The first kappa shape index (κ1) is 12.8. The van der Waals surface area contributed by atoms with Crippen LogP contribution in [0.2, 0.25) is 0 Å². The SMILES string of the molecule is Cc1ccc(-n2nc3oc4ccccc4cc-3c2=O)c(C)c1. The molecule has 2 aliphatic rings. The van der Waals surface area contributed by atoms with Gasteiger partial charge >= 0.3 is 0 Å². The monoisotopic (exact) mass is 290 g/mol. The van der Waals surface area contributed by atoms with E-state index in [1.807, 2.05) is 62.4 Å². The Morgan fingerprint density at radius 3 is 2.68 bits per heavy atom. The lowest BCUT2D eigenvalue weighted by molar-refractivity contribution is 0.591. The van der Waals surface area contributed by atoms with E-state index in [1.54, 1.807) is 0 Å². The minimum atomic E-state index is -0.156. The van der Waals surface area contributed by atoms with E-state index in [4.69, 9.17) is 4.42 Å². The van der Waals surface area contributed by atoms with Gasteiger partial charge in [0, 0.05) is 5.39 Å². The average molecular weight is 290 g/mol. The van der Waals surface area contributed by atoms with Crippen LogP contribution >= 0.6 is 0 Å². The smallest absolute Gasteiger partial charge is 0.284 e. The standard InChI is InChI=1S/C18H14N2O2/c1-11-7-8-15(12(2)9-11)20-18(21)14-10-13-5-3-4-6-16(13)22-17(14)19-20/h3-10H,1-2H3. The van der Waals surface area contributed by atoms with Crippen LogP contribution in [0.1, 0.15) is 11.1 Å². The number of aryl methyl sites for hydroxylation is 2. The summed E-state index contributed by atoms with van der Waals surface area (Å²) in [7, 11) is 0. The zero-order chi connectivity index (χ0) is 15.3. The van der Waals surface area contributed by atoms with Crippen molar-refractivity contribution in [1.29, 1.82) is 0 Å². The van der Waals surface area contributed by atoms with Crippen molar-refractivity contribution in [2.45, 2.75) is 13.8 Å². The van der Waals surface area contributed by atoms with E-state index in [9.17, 15) is 4.79 Å². The average Bonchev–Trinajstić information content (AvgIpc) is 2.82. The van der Waals surface area contributed by atoms with Gasteiger partial charge in [0.2, 0.25) is 5.89 Å². The van der Waals surface area contributed by atoms with Gasteiger partial charge in [0.05, 0.1) is 5.69 Å². The highest BCUT2D eigenvalue weighted by atomic mass is 16.3. The van der Waals surface area contributed by atoms with E-state index in [1.165, 1.54) is 4.68 Å². The van der Waals surface area contributed by atoms with E-state index >= 15 is 0 Å². The van der Waals surface area contributed by atoms with Gasteiger partial charge in [-0.15, -0.1) is 5.10 Å². The molecule has 2 aromatic rings. The van der Waals surface area contributed by atoms with Gasteiger partial charge in [0.15, 0.2) is 0 Å². The third kappa shape index (κ3) is 1.84. The first-order valence-electron chi connectivity index (χ1n) is 7.13. The summed E-state index contributed by atoms with van der Waals surface area (Å²) in [6.45, 7) is 4.00. The molecule has 0 aromatic heterocycles. The van der Waals surface area contributed by atoms with Crippen molar-refractivity contribution in [2.75, 3.05) is 0 Å². The van der Waals surface area contributed by atoms with Crippen LogP contribution in [0.3, 0.4) is 0 Å². The van der Waals surface area contributed by atoms with Gasteiger partial charge in [0.1, 0.15) is 11.1 Å². The molecule has 0 fully saturated rings. The second-order valence-electron chi connectivity index (χ2n) is 5.51. The number of aromatic nitrogens is 2. The Kier molecular flexibility index (Phi) is 2.66. The number of benzene rings is 2. The minimum Gasteiger partial charge on any atom is -0.436 e. The fourth-order valence-electron chi connectivity index (χ4n) is 2.75. The Labute approximate surface area is 127 Å². The summed E-state index contributed by atoms with van der Waals surface area (Å²) in [5.74, 6) is 0.365. The molecule has 0 atom stereocenters. The summed E-state index contributed by atoms with van der Waals surface area (Å²) >= 11 is 0. The first-order chi connectivity index (χ1) is 10.6. The number of hydrogen-bond acceptors (Lipinski definition) is 3. The van der Waals surface area contributed by atoms with E-state index in [-0.39, 0.29) is 5.56 Å². The zero-order valence-corrected chi connectivity index (χ0v) is 12.3. The maximum Gasteiger partial charge on any atom is 0.284 e. The van der Waals surface area contributed by atoms with E-state index in [0.717, 1.165) is 27.8 Å².